The smallest absolute Gasteiger partial charge is 0.289 e. The summed E-state index contributed by atoms with van der Waals surface area (Å²) in [5.41, 5.74) is 5.33. The van der Waals surface area contributed by atoms with Gasteiger partial charge in [-0.1, -0.05) is 19.3 Å². The van der Waals surface area contributed by atoms with E-state index in [1.54, 1.807) is 0 Å². The highest BCUT2D eigenvalue weighted by Gasteiger charge is 2.39. The summed E-state index contributed by atoms with van der Waals surface area (Å²) in [5, 5.41) is 0. The number of hydrogen-bond acceptors (Lipinski definition) is 3. The first-order chi connectivity index (χ1) is 6.22. The molecule has 0 radical (unpaired) electrons. The van der Waals surface area contributed by atoms with Crippen LogP contribution >= 0.6 is 0 Å². The number of ketones is 1. The van der Waals surface area contributed by atoms with E-state index in [1.165, 1.54) is 6.42 Å². The lowest BCUT2D eigenvalue weighted by molar-refractivity contribution is -0.143. The van der Waals surface area contributed by atoms with Gasteiger partial charge in [0, 0.05) is 12.0 Å². The van der Waals surface area contributed by atoms with Crippen LogP contribution in [0.1, 0.15) is 38.5 Å². The average Bonchev–Trinajstić information content (AvgIpc) is 2.14. The van der Waals surface area contributed by atoms with Gasteiger partial charge in [-0.25, -0.2) is 5.43 Å². The van der Waals surface area contributed by atoms with E-state index in [4.69, 9.17) is 0 Å². The van der Waals surface area contributed by atoms with Crippen molar-refractivity contribution >= 4 is 11.7 Å². The summed E-state index contributed by atoms with van der Waals surface area (Å²) in [6, 6.07) is 0. The second-order valence-electron chi connectivity index (χ2n) is 4.02. The Morgan fingerprint density at radius 3 is 2.38 bits per heavy atom. The Labute approximate surface area is 77.0 Å². The minimum absolute atomic E-state index is 0.122. The molecule has 0 atom stereocenters. The fourth-order valence-corrected chi connectivity index (χ4v) is 2.22. The van der Waals surface area contributed by atoms with Gasteiger partial charge in [0.2, 0.25) is 5.78 Å². The van der Waals surface area contributed by atoms with Crippen molar-refractivity contribution in [1.29, 1.82) is 0 Å². The van der Waals surface area contributed by atoms with Crippen molar-refractivity contribution in [2.45, 2.75) is 44.1 Å². The molecule has 13 heavy (non-hydrogen) atoms. The summed E-state index contributed by atoms with van der Waals surface area (Å²) in [6.45, 7) is 0. The van der Waals surface area contributed by atoms with E-state index < -0.39 is 5.91 Å². The van der Waals surface area contributed by atoms with E-state index in [2.05, 4.69) is 10.9 Å². The van der Waals surface area contributed by atoms with Crippen LogP contribution in [0.15, 0.2) is 0 Å². The van der Waals surface area contributed by atoms with E-state index in [-0.39, 0.29) is 11.3 Å². The second-order valence-corrected chi connectivity index (χ2v) is 4.02. The molecule has 1 spiro atoms. The van der Waals surface area contributed by atoms with Crippen molar-refractivity contribution in [2.24, 2.45) is 0 Å². The van der Waals surface area contributed by atoms with Gasteiger partial charge >= 0.3 is 5.91 Å². The molecule has 0 unspecified atom stereocenters. The molecule has 2 aliphatic rings. The van der Waals surface area contributed by atoms with E-state index >= 15 is 0 Å². The maximum absolute atomic E-state index is 11.2. The number of amides is 1. The molecular weight excluding hydrogens is 168 g/mol. The zero-order chi connectivity index (χ0) is 9.31. The number of carbonyl (C=O) groups is 2. The van der Waals surface area contributed by atoms with Gasteiger partial charge in [-0.15, -0.1) is 0 Å². The maximum atomic E-state index is 11.2. The molecule has 1 aliphatic heterocycles. The van der Waals surface area contributed by atoms with Crippen LogP contribution < -0.4 is 10.9 Å². The van der Waals surface area contributed by atoms with Crippen LogP contribution in [0.3, 0.4) is 0 Å². The van der Waals surface area contributed by atoms with E-state index in [0.717, 1.165) is 25.7 Å². The Morgan fingerprint density at radius 2 is 1.77 bits per heavy atom. The quantitative estimate of drug-likeness (QED) is 0.529. The molecule has 72 valence electrons. The van der Waals surface area contributed by atoms with Gasteiger partial charge in [0.25, 0.3) is 0 Å². The summed E-state index contributed by atoms with van der Waals surface area (Å²) in [5.74, 6) is -0.767. The molecule has 1 saturated heterocycles. The summed E-state index contributed by atoms with van der Waals surface area (Å²) in [7, 11) is 0. The Hall–Kier alpha value is -0.900. The fraction of sp³-hybridized carbons (Fsp3) is 0.778. The van der Waals surface area contributed by atoms with Crippen LogP contribution in [0, 0.1) is 0 Å². The molecule has 4 nitrogen and oxygen atoms in total. The molecule has 0 aromatic carbocycles. The Kier molecular flexibility index (Phi) is 2.07. The molecule has 1 amide bonds. The van der Waals surface area contributed by atoms with Gasteiger partial charge in [0.15, 0.2) is 0 Å². The number of hydrazine groups is 1. The number of carbonyl (C=O) groups excluding carboxylic acids is 2. The van der Waals surface area contributed by atoms with Gasteiger partial charge in [-0.2, -0.15) is 0 Å². The molecule has 2 rings (SSSR count). The van der Waals surface area contributed by atoms with Crippen molar-refractivity contribution in [3.63, 3.8) is 0 Å². The minimum atomic E-state index is -0.490. The molecule has 1 heterocycles. The highest BCUT2D eigenvalue weighted by atomic mass is 16.2. The van der Waals surface area contributed by atoms with E-state index in [1.807, 2.05) is 0 Å². The maximum Gasteiger partial charge on any atom is 0.301 e. The molecule has 2 N–H and O–H groups in total. The predicted molar refractivity (Wildman–Crippen MR) is 46.7 cm³/mol. The van der Waals surface area contributed by atoms with Crippen LogP contribution in [0.5, 0.6) is 0 Å². The third-order valence-electron chi connectivity index (χ3n) is 3.00. The monoisotopic (exact) mass is 182 g/mol. The second kappa shape index (κ2) is 3.10. The van der Waals surface area contributed by atoms with Crippen molar-refractivity contribution in [2.75, 3.05) is 0 Å². The summed E-state index contributed by atoms with van der Waals surface area (Å²) < 4.78 is 0. The highest BCUT2D eigenvalue weighted by molar-refractivity contribution is 6.36. The molecular formula is C9H14N2O2. The molecule has 1 saturated carbocycles. The van der Waals surface area contributed by atoms with Crippen LogP contribution in [0.2, 0.25) is 0 Å². The van der Waals surface area contributed by atoms with Crippen molar-refractivity contribution in [3.05, 3.63) is 0 Å². The summed E-state index contributed by atoms with van der Waals surface area (Å²) >= 11 is 0. The molecule has 4 heteroatoms. The van der Waals surface area contributed by atoms with Crippen LogP contribution in [-0.4, -0.2) is 17.2 Å². The van der Waals surface area contributed by atoms with Gasteiger partial charge in [-0.05, 0) is 12.8 Å². The Balaban J connectivity index is 2.07. The number of hydrogen-bond donors (Lipinski definition) is 2. The first-order valence-corrected chi connectivity index (χ1v) is 4.82. The number of nitrogens with one attached hydrogen (secondary N) is 2. The normalized spacial score (nSPS) is 27.4. The SMILES string of the molecule is O=C1CC2(CCCCC2)NNC1=O. The lowest BCUT2D eigenvalue weighted by Gasteiger charge is -2.40. The topological polar surface area (TPSA) is 58.2 Å². The first-order valence-electron chi connectivity index (χ1n) is 4.82. The first kappa shape index (κ1) is 8.69. The number of Topliss-reactive ketones (excluding diaryl/α,β-unsaturated/α-hetero) is 1. The minimum Gasteiger partial charge on any atom is -0.289 e. The zero-order valence-electron chi connectivity index (χ0n) is 7.56. The van der Waals surface area contributed by atoms with Crippen molar-refractivity contribution in [3.8, 4) is 0 Å². The molecule has 1 aliphatic carbocycles. The molecule has 0 aromatic heterocycles. The van der Waals surface area contributed by atoms with Gasteiger partial charge < -0.3 is 0 Å². The van der Waals surface area contributed by atoms with E-state index in [9.17, 15) is 9.59 Å². The molecule has 2 fully saturated rings. The van der Waals surface area contributed by atoms with Gasteiger partial charge in [-0.3, -0.25) is 15.0 Å². The van der Waals surface area contributed by atoms with Crippen molar-refractivity contribution in [1.82, 2.24) is 10.9 Å². The van der Waals surface area contributed by atoms with Crippen LogP contribution in [-0.2, 0) is 9.59 Å². The third kappa shape index (κ3) is 1.58. The predicted octanol–water partition coefficient (Wildman–Crippen LogP) is 0.283. The third-order valence-corrected chi connectivity index (χ3v) is 3.00. The van der Waals surface area contributed by atoms with E-state index in [0.29, 0.717) is 6.42 Å². The lowest BCUT2D eigenvalue weighted by Crippen LogP contribution is -2.62. The Morgan fingerprint density at radius 1 is 1.08 bits per heavy atom. The van der Waals surface area contributed by atoms with Crippen molar-refractivity contribution < 1.29 is 9.59 Å². The number of rotatable bonds is 0. The molecule has 0 bridgehead atoms. The molecule has 0 aromatic rings. The largest absolute Gasteiger partial charge is 0.301 e. The summed E-state index contributed by atoms with van der Waals surface area (Å²) in [6.07, 6.45) is 5.91. The Bertz CT molecular complexity index is 244. The lowest BCUT2D eigenvalue weighted by atomic mass is 9.78. The van der Waals surface area contributed by atoms with Crippen LogP contribution in [0.4, 0.5) is 0 Å². The standard InChI is InChI=1S/C9H14N2O2/c12-7-6-9(11-10-8(7)13)4-2-1-3-5-9/h11H,1-6H2,(H,10,13). The zero-order valence-corrected chi connectivity index (χ0v) is 7.56. The average molecular weight is 182 g/mol. The van der Waals surface area contributed by atoms with Crippen LogP contribution in [0.25, 0.3) is 0 Å². The highest BCUT2D eigenvalue weighted by Crippen LogP contribution is 2.31. The van der Waals surface area contributed by atoms with Gasteiger partial charge in [0.1, 0.15) is 0 Å². The summed E-state index contributed by atoms with van der Waals surface area (Å²) in [4.78, 5) is 22.1. The van der Waals surface area contributed by atoms with Gasteiger partial charge in [0.05, 0.1) is 0 Å². The fourth-order valence-electron chi connectivity index (χ4n) is 2.22.